The number of ether oxygens (including phenoxy) is 1. The molecule has 0 saturated carbocycles. The average Bonchev–Trinajstić information content (AvgIpc) is 2.85. The first-order chi connectivity index (χ1) is 16.1. The number of amides is 1. The quantitative estimate of drug-likeness (QED) is 0.466. The molecule has 1 aliphatic heterocycles. The van der Waals surface area contributed by atoms with Gasteiger partial charge in [0.2, 0.25) is 0 Å². The van der Waals surface area contributed by atoms with Crippen molar-refractivity contribution < 1.29 is 19.4 Å². The van der Waals surface area contributed by atoms with Gasteiger partial charge in [0.25, 0.3) is 5.91 Å². The number of rotatable bonds is 9. The lowest BCUT2D eigenvalue weighted by Gasteiger charge is -2.18. The van der Waals surface area contributed by atoms with E-state index in [4.69, 9.17) is 4.74 Å². The Hall–Kier alpha value is -3.87. The molecule has 0 radical (unpaired) electrons. The first-order valence-electron chi connectivity index (χ1n) is 11.1. The molecule has 2 heterocycles. The minimum absolute atomic E-state index is 0.225. The van der Waals surface area contributed by atoms with E-state index in [2.05, 4.69) is 15.6 Å². The molecule has 1 aromatic heterocycles. The van der Waals surface area contributed by atoms with Gasteiger partial charge in [0.1, 0.15) is 12.6 Å². The molecule has 7 nitrogen and oxygen atoms in total. The Morgan fingerprint density at radius 1 is 1.00 bits per heavy atom. The summed E-state index contributed by atoms with van der Waals surface area (Å²) in [7, 11) is 0. The fourth-order valence-corrected chi connectivity index (χ4v) is 3.78. The van der Waals surface area contributed by atoms with Crippen molar-refractivity contribution in [3.63, 3.8) is 0 Å². The number of carbonyl (C=O) groups excluding carboxylic acids is 1. The van der Waals surface area contributed by atoms with E-state index in [1.807, 2.05) is 42.5 Å². The van der Waals surface area contributed by atoms with Crippen LogP contribution in [0, 0.1) is 0 Å². The molecule has 3 aromatic rings. The highest BCUT2D eigenvalue weighted by Gasteiger charge is 2.21. The molecule has 0 fully saturated rings. The van der Waals surface area contributed by atoms with E-state index in [0.717, 1.165) is 48.6 Å². The van der Waals surface area contributed by atoms with E-state index in [9.17, 15) is 14.7 Å². The molecule has 0 aliphatic carbocycles. The van der Waals surface area contributed by atoms with E-state index in [1.165, 1.54) is 5.56 Å². The van der Waals surface area contributed by atoms with Crippen LogP contribution in [-0.2, 0) is 24.1 Å². The predicted molar refractivity (Wildman–Crippen MR) is 126 cm³/mol. The molecule has 1 atom stereocenters. The predicted octanol–water partition coefficient (Wildman–Crippen LogP) is 3.49. The Bertz CT molecular complexity index is 1100. The second-order valence-electron chi connectivity index (χ2n) is 8.03. The van der Waals surface area contributed by atoms with Gasteiger partial charge in [0.15, 0.2) is 11.6 Å². The largest absolute Gasteiger partial charge is 0.488 e. The molecule has 0 bridgehead atoms. The van der Waals surface area contributed by atoms with Crippen molar-refractivity contribution in [2.24, 2.45) is 0 Å². The standard InChI is InChI=1S/C26H27N3O4/c30-25(20-6-2-1-3-7-20)29-22(26(31)32)17-19-11-9-18(10-12-19)5-4-8-21-13-14-23-24(28-21)27-15-16-33-23/h1-3,6-7,9-14,22H,4-5,8,15-17H2,(H,27,28)(H,29,30)(H,31,32)/t22-/m0/s1. The number of aromatic nitrogens is 1. The lowest BCUT2D eigenvalue weighted by molar-refractivity contribution is -0.139. The van der Waals surface area contributed by atoms with Crippen molar-refractivity contribution >= 4 is 17.7 Å². The minimum atomic E-state index is -1.05. The van der Waals surface area contributed by atoms with Crippen LogP contribution in [0.5, 0.6) is 5.75 Å². The van der Waals surface area contributed by atoms with Gasteiger partial charge in [-0.3, -0.25) is 4.79 Å². The van der Waals surface area contributed by atoms with Crippen LogP contribution in [0.1, 0.15) is 33.6 Å². The SMILES string of the molecule is O=C(N[C@@H](Cc1ccc(CCCc2ccc3c(n2)NCCO3)cc1)C(=O)O)c1ccccc1. The molecule has 7 heteroatoms. The molecule has 3 N–H and O–H groups in total. The molecule has 33 heavy (non-hydrogen) atoms. The van der Waals surface area contributed by atoms with Crippen molar-refractivity contribution in [2.75, 3.05) is 18.5 Å². The second kappa shape index (κ2) is 10.6. The van der Waals surface area contributed by atoms with E-state index in [-0.39, 0.29) is 6.42 Å². The summed E-state index contributed by atoms with van der Waals surface area (Å²) in [6, 6.07) is 19.5. The van der Waals surface area contributed by atoms with Crippen LogP contribution in [0.25, 0.3) is 0 Å². The minimum Gasteiger partial charge on any atom is -0.488 e. The van der Waals surface area contributed by atoms with Gasteiger partial charge in [-0.05, 0) is 54.7 Å². The maximum atomic E-state index is 12.3. The van der Waals surface area contributed by atoms with Crippen molar-refractivity contribution in [3.8, 4) is 5.75 Å². The number of aryl methyl sites for hydroxylation is 2. The third kappa shape index (κ3) is 6.10. The Labute approximate surface area is 192 Å². The Kier molecular flexibility index (Phi) is 7.19. The van der Waals surface area contributed by atoms with Crippen LogP contribution in [0.15, 0.2) is 66.7 Å². The van der Waals surface area contributed by atoms with E-state index >= 15 is 0 Å². The number of nitrogens with one attached hydrogen (secondary N) is 2. The van der Waals surface area contributed by atoms with Gasteiger partial charge in [0, 0.05) is 17.7 Å². The highest BCUT2D eigenvalue weighted by atomic mass is 16.5. The fourth-order valence-electron chi connectivity index (χ4n) is 3.78. The molecule has 1 amide bonds. The van der Waals surface area contributed by atoms with E-state index < -0.39 is 17.9 Å². The number of benzene rings is 2. The summed E-state index contributed by atoms with van der Waals surface area (Å²) in [6.07, 6.45) is 2.94. The van der Waals surface area contributed by atoms with Crippen LogP contribution < -0.4 is 15.4 Å². The maximum absolute atomic E-state index is 12.3. The average molecular weight is 446 g/mol. The number of carboxylic acids is 1. The number of aliphatic carboxylic acids is 1. The maximum Gasteiger partial charge on any atom is 0.326 e. The van der Waals surface area contributed by atoms with Crippen molar-refractivity contribution in [1.82, 2.24) is 10.3 Å². The molecular weight excluding hydrogens is 418 g/mol. The molecular formula is C26H27N3O4. The first kappa shape index (κ1) is 22.3. The second-order valence-corrected chi connectivity index (χ2v) is 8.03. The zero-order valence-electron chi connectivity index (χ0n) is 18.3. The number of pyridine rings is 1. The molecule has 170 valence electrons. The lowest BCUT2D eigenvalue weighted by Crippen LogP contribution is -2.42. The first-order valence-corrected chi connectivity index (χ1v) is 11.1. The zero-order valence-corrected chi connectivity index (χ0v) is 18.3. The molecule has 1 aliphatic rings. The number of carboxylic acid groups (broad SMARTS) is 1. The number of carbonyl (C=O) groups is 2. The normalized spacial score (nSPS) is 13.2. The van der Waals surface area contributed by atoms with Gasteiger partial charge < -0.3 is 20.5 Å². The highest BCUT2D eigenvalue weighted by molar-refractivity contribution is 5.96. The summed E-state index contributed by atoms with van der Waals surface area (Å²) >= 11 is 0. The zero-order chi connectivity index (χ0) is 23.0. The van der Waals surface area contributed by atoms with E-state index in [1.54, 1.807) is 24.3 Å². The third-order valence-electron chi connectivity index (χ3n) is 5.57. The summed E-state index contributed by atoms with van der Waals surface area (Å²) in [5.41, 5.74) is 3.51. The Balaban J connectivity index is 1.29. The third-order valence-corrected chi connectivity index (χ3v) is 5.57. The van der Waals surface area contributed by atoms with Crippen LogP contribution >= 0.6 is 0 Å². The fraction of sp³-hybridized carbons (Fsp3) is 0.269. The number of hydrogen-bond acceptors (Lipinski definition) is 5. The van der Waals surface area contributed by atoms with Gasteiger partial charge in [0.05, 0.1) is 6.54 Å². The van der Waals surface area contributed by atoms with Crippen LogP contribution in [0.4, 0.5) is 5.82 Å². The number of hydrogen-bond donors (Lipinski definition) is 3. The van der Waals surface area contributed by atoms with Crippen LogP contribution in [-0.4, -0.2) is 41.2 Å². The highest BCUT2D eigenvalue weighted by Crippen LogP contribution is 2.25. The van der Waals surface area contributed by atoms with Gasteiger partial charge in [-0.15, -0.1) is 0 Å². The monoisotopic (exact) mass is 445 g/mol. The Morgan fingerprint density at radius 3 is 2.52 bits per heavy atom. The lowest BCUT2D eigenvalue weighted by atomic mass is 10.0. The summed E-state index contributed by atoms with van der Waals surface area (Å²) in [5, 5.41) is 15.4. The van der Waals surface area contributed by atoms with Gasteiger partial charge >= 0.3 is 5.97 Å². The van der Waals surface area contributed by atoms with Gasteiger partial charge in [-0.2, -0.15) is 0 Å². The summed E-state index contributed by atoms with van der Waals surface area (Å²) in [6.45, 7) is 1.44. The molecule has 0 saturated heterocycles. The van der Waals surface area contributed by atoms with Crippen molar-refractivity contribution in [2.45, 2.75) is 31.7 Å². The van der Waals surface area contributed by atoms with Gasteiger partial charge in [-0.1, -0.05) is 42.5 Å². The molecule has 0 unspecified atom stereocenters. The van der Waals surface area contributed by atoms with Crippen molar-refractivity contribution in [1.29, 1.82) is 0 Å². The van der Waals surface area contributed by atoms with Crippen molar-refractivity contribution in [3.05, 3.63) is 89.1 Å². The summed E-state index contributed by atoms with van der Waals surface area (Å²) in [4.78, 5) is 28.6. The Morgan fingerprint density at radius 2 is 1.76 bits per heavy atom. The topological polar surface area (TPSA) is 101 Å². The summed E-state index contributed by atoms with van der Waals surface area (Å²) in [5.74, 6) is 0.175. The van der Waals surface area contributed by atoms with Gasteiger partial charge in [-0.25, -0.2) is 9.78 Å². The molecule has 2 aromatic carbocycles. The molecule has 4 rings (SSSR count). The van der Waals surface area contributed by atoms with Crippen LogP contribution in [0.2, 0.25) is 0 Å². The number of nitrogens with zero attached hydrogens (tertiary/aromatic N) is 1. The number of anilines is 1. The van der Waals surface area contributed by atoms with E-state index in [0.29, 0.717) is 12.2 Å². The smallest absolute Gasteiger partial charge is 0.326 e. The molecule has 0 spiro atoms. The summed E-state index contributed by atoms with van der Waals surface area (Å²) < 4.78 is 5.56. The number of fused-ring (bicyclic) bond motifs is 1. The van der Waals surface area contributed by atoms with Crippen LogP contribution in [0.3, 0.4) is 0 Å².